The molecule has 0 spiro atoms. The van der Waals surface area contributed by atoms with Crippen LogP contribution in [0.4, 0.5) is 0 Å². The molecule has 3 fully saturated rings. The number of carbonyl (C=O) groups is 1. The Labute approximate surface area is 123 Å². The fourth-order valence-electron chi connectivity index (χ4n) is 4.00. The average Bonchev–Trinajstić information content (AvgIpc) is 2.45. The van der Waals surface area contributed by atoms with Crippen LogP contribution in [0.2, 0.25) is 0 Å². The Morgan fingerprint density at radius 3 is 2.30 bits per heavy atom. The summed E-state index contributed by atoms with van der Waals surface area (Å²) in [6.07, 6.45) is 12.7. The van der Waals surface area contributed by atoms with Crippen LogP contribution >= 0.6 is 0 Å². The standard InChI is InChI=1S/C17H30N2O/c20-17(15-7-6-8-15)19-13-5-2-9-16(19)10-14-18-11-3-1-4-12-18/h15-16H,1-14H2/t16-/m0/s1. The lowest BCUT2D eigenvalue weighted by Gasteiger charge is -2.41. The highest BCUT2D eigenvalue weighted by Gasteiger charge is 2.34. The zero-order chi connectivity index (χ0) is 13.8. The van der Waals surface area contributed by atoms with Gasteiger partial charge in [-0.05, 0) is 64.5 Å². The minimum atomic E-state index is 0.380. The highest BCUT2D eigenvalue weighted by atomic mass is 16.2. The van der Waals surface area contributed by atoms with E-state index in [9.17, 15) is 4.79 Å². The van der Waals surface area contributed by atoms with Crippen molar-refractivity contribution >= 4 is 5.91 Å². The molecule has 3 heteroatoms. The summed E-state index contributed by atoms with van der Waals surface area (Å²) in [5.74, 6) is 0.866. The van der Waals surface area contributed by atoms with Gasteiger partial charge in [0.1, 0.15) is 0 Å². The number of hydrogen-bond donors (Lipinski definition) is 0. The molecule has 0 N–H and O–H groups in total. The van der Waals surface area contributed by atoms with Crippen LogP contribution in [0, 0.1) is 5.92 Å². The predicted octanol–water partition coefficient (Wildman–Crippen LogP) is 3.04. The van der Waals surface area contributed by atoms with Crippen molar-refractivity contribution in [3.05, 3.63) is 0 Å². The Bertz CT molecular complexity index is 321. The number of piperidine rings is 2. The fraction of sp³-hybridized carbons (Fsp3) is 0.941. The van der Waals surface area contributed by atoms with Crippen LogP contribution in [-0.2, 0) is 4.79 Å². The summed E-state index contributed by atoms with van der Waals surface area (Å²) in [6.45, 7) is 4.80. The lowest BCUT2D eigenvalue weighted by atomic mass is 9.83. The Kier molecular flexibility index (Phi) is 4.98. The summed E-state index contributed by atoms with van der Waals surface area (Å²) < 4.78 is 0. The van der Waals surface area contributed by atoms with Crippen LogP contribution in [0.15, 0.2) is 0 Å². The van der Waals surface area contributed by atoms with E-state index in [4.69, 9.17) is 0 Å². The average molecular weight is 278 g/mol. The van der Waals surface area contributed by atoms with Gasteiger partial charge in [0.05, 0.1) is 0 Å². The molecule has 0 aromatic carbocycles. The van der Waals surface area contributed by atoms with E-state index in [1.807, 2.05) is 0 Å². The van der Waals surface area contributed by atoms with E-state index in [-0.39, 0.29) is 0 Å². The number of hydrogen-bond acceptors (Lipinski definition) is 2. The molecule has 3 nitrogen and oxygen atoms in total. The molecule has 1 amide bonds. The molecule has 1 aliphatic carbocycles. The first-order chi connectivity index (χ1) is 9.84. The molecule has 2 saturated heterocycles. The maximum Gasteiger partial charge on any atom is 0.225 e. The van der Waals surface area contributed by atoms with Gasteiger partial charge >= 0.3 is 0 Å². The first-order valence-corrected chi connectivity index (χ1v) is 8.87. The first-order valence-electron chi connectivity index (χ1n) is 8.87. The van der Waals surface area contributed by atoms with Gasteiger partial charge in [-0.3, -0.25) is 4.79 Å². The molecule has 3 rings (SSSR count). The zero-order valence-electron chi connectivity index (χ0n) is 12.9. The van der Waals surface area contributed by atoms with Gasteiger partial charge < -0.3 is 9.80 Å². The van der Waals surface area contributed by atoms with Gasteiger partial charge in [-0.1, -0.05) is 12.8 Å². The Balaban J connectivity index is 1.50. The van der Waals surface area contributed by atoms with Crippen LogP contribution < -0.4 is 0 Å². The number of likely N-dealkylation sites (tertiary alicyclic amines) is 2. The SMILES string of the molecule is O=C(C1CCC1)N1CCCC[C@H]1CCN1CCCCC1. The van der Waals surface area contributed by atoms with Gasteiger partial charge in [0, 0.05) is 25.0 Å². The Morgan fingerprint density at radius 2 is 1.60 bits per heavy atom. The summed E-state index contributed by atoms with van der Waals surface area (Å²) in [6, 6.07) is 0.541. The molecule has 1 saturated carbocycles. The van der Waals surface area contributed by atoms with Crippen molar-refractivity contribution in [3.63, 3.8) is 0 Å². The number of rotatable bonds is 4. The third-order valence-corrected chi connectivity index (χ3v) is 5.59. The van der Waals surface area contributed by atoms with E-state index in [2.05, 4.69) is 9.80 Å². The second-order valence-electron chi connectivity index (χ2n) is 7.00. The Morgan fingerprint density at radius 1 is 0.850 bits per heavy atom. The second kappa shape index (κ2) is 6.93. The van der Waals surface area contributed by atoms with Crippen molar-refractivity contribution in [2.45, 2.75) is 70.3 Å². The van der Waals surface area contributed by atoms with Crippen LogP contribution in [-0.4, -0.2) is 47.9 Å². The summed E-state index contributed by atoms with van der Waals surface area (Å²) >= 11 is 0. The van der Waals surface area contributed by atoms with Crippen molar-refractivity contribution in [3.8, 4) is 0 Å². The molecule has 0 aromatic heterocycles. The summed E-state index contributed by atoms with van der Waals surface area (Å²) in [7, 11) is 0. The van der Waals surface area contributed by atoms with Crippen LogP contribution in [0.1, 0.15) is 64.2 Å². The maximum atomic E-state index is 12.6. The van der Waals surface area contributed by atoms with E-state index in [1.165, 1.54) is 71.0 Å². The van der Waals surface area contributed by atoms with Gasteiger partial charge in [-0.2, -0.15) is 0 Å². The van der Waals surface area contributed by atoms with Gasteiger partial charge in [-0.25, -0.2) is 0 Å². The molecule has 2 aliphatic heterocycles. The molecule has 2 heterocycles. The van der Waals surface area contributed by atoms with Crippen molar-refractivity contribution in [1.82, 2.24) is 9.80 Å². The Hall–Kier alpha value is -0.570. The highest BCUT2D eigenvalue weighted by molar-refractivity contribution is 5.80. The summed E-state index contributed by atoms with van der Waals surface area (Å²) in [4.78, 5) is 17.4. The van der Waals surface area contributed by atoms with E-state index < -0.39 is 0 Å². The lowest BCUT2D eigenvalue weighted by molar-refractivity contribution is -0.142. The van der Waals surface area contributed by atoms with Gasteiger partial charge in [0.25, 0.3) is 0 Å². The topological polar surface area (TPSA) is 23.6 Å². The normalized spacial score (nSPS) is 29.2. The summed E-state index contributed by atoms with van der Waals surface area (Å²) in [5.41, 5.74) is 0. The molecule has 0 unspecified atom stereocenters. The number of nitrogens with zero attached hydrogens (tertiary/aromatic N) is 2. The zero-order valence-corrected chi connectivity index (χ0v) is 12.9. The number of carbonyl (C=O) groups excluding carboxylic acids is 1. The van der Waals surface area contributed by atoms with Crippen molar-refractivity contribution in [2.24, 2.45) is 5.92 Å². The van der Waals surface area contributed by atoms with Gasteiger partial charge in [0.15, 0.2) is 0 Å². The first kappa shape index (κ1) is 14.4. The molecular formula is C17H30N2O. The molecule has 20 heavy (non-hydrogen) atoms. The van der Waals surface area contributed by atoms with Crippen LogP contribution in [0.25, 0.3) is 0 Å². The number of amides is 1. The molecule has 114 valence electrons. The lowest BCUT2D eigenvalue weighted by Crippen LogP contribution is -2.49. The second-order valence-corrected chi connectivity index (χ2v) is 7.00. The van der Waals surface area contributed by atoms with Crippen molar-refractivity contribution in [2.75, 3.05) is 26.2 Å². The smallest absolute Gasteiger partial charge is 0.225 e. The van der Waals surface area contributed by atoms with E-state index in [0.29, 0.717) is 17.9 Å². The molecule has 0 radical (unpaired) electrons. The largest absolute Gasteiger partial charge is 0.339 e. The third-order valence-electron chi connectivity index (χ3n) is 5.59. The van der Waals surface area contributed by atoms with Gasteiger partial charge in [-0.15, -0.1) is 0 Å². The minimum Gasteiger partial charge on any atom is -0.339 e. The molecule has 1 atom stereocenters. The quantitative estimate of drug-likeness (QED) is 0.789. The highest BCUT2D eigenvalue weighted by Crippen LogP contribution is 2.31. The van der Waals surface area contributed by atoms with Crippen molar-refractivity contribution in [1.29, 1.82) is 0 Å². The fourth-order valence-corrected chi connectivity index (χ4v) is 4.00. The van der Waals surface area contributed by atoms with E-state index in [1.54, 1.807) is 0 Å². The minimum absolute atomic E-state index is 0.380. The van der Waals surface area contributed by atoms with E-state index in [0.717, 1.165) is 19.4 Å². The van der Waals surface area contributed by atoms with Crippen LogP contribution in [0.3, 0.4) is 0 Å². The van der Waals surface area contributed by atoms with Crippen LogP contribution in [0.5, 0.6) is 0 Å². The summed E-state index contributed by atoms with van der Waals surface area (Å²) in [5, 5.41) is 0. The predicted molar refractivity (Wildman–Crippen MR) is 81.6 cm³/mol. The molecular weight excluding hydrogens is 248 g/mol. The maximum absolute atomic E-state index is 12.6. The molecule has 0 bridgehead atoms. The monoisotopic (exact) mass is 278 g/mol. The van der Waals surface area contributed by atoms with Gasteiger partial charge in [0.2, 0.25) is 5.91 Å². The van der Waals surface area contributed by atoms with E-state index >= 15 is 0 Å². The molecule has 0 aromatic rings. The third kappa shape index (κ3) is 3.36. The van der Waals surface area contributed by atoms with Crippen molar-refractivity contribution < 1.29 is 4.79 Å². The molecule has 3 aliphatic rings.